The minimum absolute atomic E-state index is 0.150. The van der Waals surface area contributed by atoms with Crippen LogP contribution in [-0.4, -0.2) is 12.9 Å². The number of benzene rings is 2. The van der Waals surface area contributed by atoms with Crippen molar-refractivity contribution in [3.05, 3.63) is 64.7 Å². The van der Waals surface area contributed by atoms with E-state index in [1.54, 1.807) is 55.6 Å². The molecule has 0 saturated heterocycles. The lowest BCUT2D eigenvalue weighted by molar-refractivity contribution is 0.0987. The minimum Gasteiger partial charge on any atom is -0.497 e. The smallest absolute Gasteiger partial charge is 0.185 e. The Morgan fingerprint density at radius 2 is 1.63 bits per heavy atom. The standard InChI is InChI=1S/C15H12Cl2O2/c1-19-13-8-4-10(5-9-13)14(17)15(18)11-2-6-12(16)7-3-11/h2-9,14H,1H3. The second-order valence-corrected chi connectivity index (χ2v) is 4.88. The van der Waals surface area contributed by atoms with Gasteiger partial charge in [0, 0.05) is 10.6 Å². The van der Waals surface area contributed by atoms with Gasteiger partial charge in [0.15, 0.2) is 5.78 Å². The zero-order chi connectivity index (χ0) is 13.8. The number of ketones is 1. The van der Waals surface area contributed by atoms with E-state index in [-0.39, 0.29) is 5.78 Å². The third kappa shape index (κ3) is 3.28. The molecule has 0 amide bonds. The molecule has 0 aliphatic heterocycles. The van der Waals surface area contributed by atoms with Crippen LogP contribution in [0.4, 0.5) is 0 Å². The van der Waals surface area contributed by atoms with E-state index in [0.29, 0.717) is 10.6 Å². The fourth-order valence-electron chi connectivity index (χ4n) is 1.68. The Kier molecular flexibility index (Phi) is 4.46. The molecule has 2 aromatic rings. The molecule has 1 atom stereocenters. The monoisotopic (exact) mass is 294 g/mol. The van der Waals surface area contributed by atoms with Crippen molar-refractivity contribution in [1.29, 1.82) is 0 Å². The molecule has 0 aliphatic carbocycles. The van der Waals surface area contributed by atoms with Crippen LogP contribution in [0.2, 0.25) is 5.02 Å². The van der Waals surface area contributed by atoms with Gasteiger partial charge in [-0.15, -0.1) is 11.6 Å². The van der Waals surface area contributed by atoms with Crippen molar-refractivity contribution in [2.24, 2.45) is 0 Å². The van der Waals surface area contributed by atoms with Crippen molar-refractivity contribution >= 4 is 29.0 Å². The van der Waals surface area contributed by atoms with Gasteiger partial charge in [-0.3, -0.25) is 4.79 Å². The Bertz CT molecular complexity index is 562. The Hall–Kier alpha value is -1.51. The highest BCUT2D eigenvalue weighted by molar-refractivity contribution is 6.34. The molecule has 2 aromatic carbocycles. The first-order valence-electron chi connectivity index (χ1n) is 5.69. The lowest BCUT2D eigenvalue weighted by Crippen LogP contribution is -2.07. The summed E-state index contributed by atoms with van der Waals surface area (Å²) in [6.07, 6.45) is 0. The number of rotatable bonds is 4. The molecule has 2 rings (SSSR count). The van der Waals surface area contributed by atoms with Crippen molar-refractivity contribution in [2.45, 2.75) is 5.38 Å². The molecule has 0 spiro atoms. The van der Waals surface area contributed by atoms with Crippen LogP contribution in [0, 0.1) is 0 Å². The Morgan fingerprint density at radius 1 is 1.05 bits per heavy atom. The maximum Gasteiger partial charge on any atom is 0.185 e. The van der Waals surface area contributed by atoms with Crippen LogP contribution in [0.3, 0.4) is 0 Å². The summed E-state index contributed by atoms with van der Waals surface area (Å²) >= 11 is 12.0. The number of Topliss-reactive ketones (excluding diaryl/α,β-unsaturated/α-hetero) is 1. The zero-order valence-electron chi connectivity index (χ0n) is 10.3. The van der Waals surface area contributed by atoms with Gasteiger partial charge in [-0.05, 0) is 42.0 Å². The number of halogens is 2. The molecule has 1 unspecified atom stereocenters. The van der Waals surface area contributed by atoms with Gasteiger partial charge in [0.2, 0.25) is 0 Å². The van der Waals surface area contributed by atoms with Gasteiger partial charge >= 0.3 is 0 Å². The Labute approximate surface area is 121 Å². The minimum atomic E-state index is -0.716. The Balaban J connectivity index is 2.20. The lowest BCUT2D eigenvalue weighted by Gasteiger charge is -2.10. The fraction of sp³-hybridized carbons (Fsp3) is 0.133. The highest BCUT2D eigenvalue weighted by Gasteiger charge is 2.19. The van der Waals surface area contributed by atoms with E-state index >= 15 is 0 Å². The third-order valence-corrected chi connectivity index (χ3v) is 3.47. The van der Waals surface area contributed by atoms with Gasteiger partial charge < -0.3 is 4.74 Å². The number of methoxy groups -OCH3 is 1. The van der Waals surface area contributed by atoms with Crippen molar-refractivity contribution in [1.82, 2.24) is 0 Å². The molecule has 0 fully saturated rings. The first kappa shape index (κ1) is 13.9. The van der Waals surface area contributed by atoms with Gasteiger partial charge in [0.05, 0.1) is 7.11 Å². The van der Waals surface area contributed by atoms with Crippen molar-refractivity contribution in [2.75, 3.05) is 7.11 Å². The molecular weight excluding hydrogens is 283 g/mol. The van der Waals surface area contributed by atoms with Crippen LogP contribution >= 0.6 is 23.2 Å². The van der Waals surface area contributed by atoms with Crippen molar-refractivity contribution in [3.8, 4) is 5.75 Å². The third-order valence-electron chi connectivity index (χ3n) is 2.77. The molecular formula is C15H12Cl2O2. The second kappa shape index (κ2) is 6.09. The zero-order valence-corrected chi connectivity index (χ0v) is 11.8. The van der Waals surface area contributed by atoms with Gasteiger partial charge in [0.25, 0.3) is 0 Å². The molecule has 0 bridgehead atoms. The molecule has 0 radical (unpaired) electrons. The van der Waals surface area contributed by atoms with Crippen LogP contribution in [0.5, 0.6) is 5.75 Å². The average Bonchev–Trinajstić information content (AvgIpc) is 2.46. The van der Waals surface area contributed by atoms with E-state index in [0.717, 1.165) is 11.3 Å². The van der Waals surface area contributed by atoms with Gasteiger partial charge in [-0.2, -0.15) is 0 Å². The predicted octanol–water partition coefficient (Wildman–Crippen LogP) is 4.51. The number of alkyl halides is 1. The van der Waals surface area contributed by atoms with Crippen molar-refractivity contribution in [3.63, 3.8) is 0 Å². The maximum atomic E-state index is 12.2. The quantitative estimate of drug-likeness (QED) is 0.612. The van der Waals surface area contributed by atoms with E-state index in [4.69, 9.17) is 27.9 Å². The number of ether oxygens (including phenoxy) is 1. The van der Waals surface area contributed by atoms with Gasteiger partial charge in [0.1, 0.15) is 11.1 Å². The highest BCUT2D eigenvalue weighted by Crippen LogP contribution is 2.27. The summed E-state index contributed by atoms with van der Waals surface area (Å²) in [4.78, 5) is 12.2. The number of carbonyl (C=O) groups excluding carboxylic acids is 1. The molecule has 0 aliphatic rings. The molecule has 0 aromatic heterocycles. The van der Waals surface area contributed by atoms with E-state index in [1.165, 1.54) is 0 Å². The predicted molar refractivity (Wildman–Crippen MR) is 77.4 cm³/mol. The average molecular weight is 295 g/mol. The Morgan fingerprint density at radius 3 is 2.16 bits per heavy atom. The summed E-state index contributed by atoms with van der Waals surface area (Å²) in [6, 6.07) is 13.8. The summed E-state index contributed by atoms with van der Waals surface area (Å²) in [5.74, 6) is 0.579. The first-order chi connectivity index (χ1) is 9.11. The number of hydrogen-bond donors (Lipinski definition) is 0. The van der Waals surface area contributed by atoms with Crippen LogP contribution < -0.4 is 4.74 Å². The first-order valence-corrected chi connectivity index (χ1v) is 6.51. The summed E-state index contributed by atoms with van der Waals surface area (Å²) in [5, 5.41) is -0.126. The van der Waals surface area contributed by atoms with Gasteiger partial charge in [-0.1, -0.05) is 23.7 Å². The summed E-state index contributed by atoms with van der Waals surface area (Å²) < 4.78 is 5.06. The lowest BCUT2D eigenvalue weighted by atomic mass is 10.0. The van der Waals surface area contributed by atoms with Crippen LogP contribution in [0.25, 0.3) is 0 Å². The van der Waals surface area contributed by atoms with E-state index in [1.807, 2.05) is 0 Å². The number of carbonyl (C=O) groups is 1. The SMILES string of the molecule is COc1ccc(C(Cl)C(=O)c2ccc(Cl)cc2)cc1. The van der Waals surface area contributed by atoms with E-state index in [9.17, 15) is 4.79 Å². The maximum absolute atomic E-state index is 12.2. The summed E-state index contributed by atoms with van der Waals surface area (Å²) in [5.41, 5.74) is 1.28. The van der Waals surface area contributed by atoms with E-state index in [2.05, 4.69) is 0 Å². The van der Waals surface area contributed by atoms with Crippen LogP contribution in [0.15, 0.2) is 48.5 Å². The topological polar surface area (TPSA) is 26.3 Å². The largest absolute Gasteiger partial charge is 0.497 e. The number of hydrogen-bond acceptors (Lipinski definition) is 2. The van der Waals surface area contributed by atoms with E-state index < -0.39 is 5.38 Å². The summed E-state index contributed by atoms with van der Waals surface area (Å²) in [6.45, 7) is 0. The summed E-state index contributed by atoms with van der Waals surface area (Å²) in [7, 11) is 1.59. The molecule has 98 valence electrons. The molecule has 0 saturated carbocycles. The molecule has 2 nitrogen and oxygen atoms in total. The second-order valence-electron chi connectivity index (χ2n) is 4.01. The van der Waals surface area contributed by atoms with Crippen LogP contribution in [0.1, 0.15) is 21.3 Å². The van der Waals surface area contributed by atoms with Crippen molar-refractivity contribution < 1.29 is 9.53 Å². The highest BCUT2D eigenvalue weighted by atomic mass is 35.5. The van der Waals surface area contributed by atoms with Crippen LogP contribution in [-0.2, 0) is 0 Å². The molecule has 19 heavy (non-hydrogen) atoms. The normalized spacial score (nSPS) is 11.9. The molecule has 0 N–H and O–H groups in total. The fourth-order valence-corrected chi connectivity index (χ4v) is 2.08. The molecule has 4 heteroatoms. The molecule has 0 heterocycles. The van der Waals surface area contributed by atoms with Gasteiger partial charge in [-0.25, -0.2) is 0 Å².